The van der Waals surface area contributed by atoms with E-state index in [1.165, 1.54) is 24.3 Å². The highest BCUT2D eigenvalue weighted by molar-refractivity contribution is 7.99. The third kappa shape index (κ3) is 3.02. The normalized spacial score (nSPS) is 21.0. The van der Waals surface area contributed by atoms with Gasteiger partial charge in [-0.1, -0.05) is 0 Å². The van der Waals surface area contributed by atoms with Gasteiger partial charge in [0.1, 0.15) is 0 Å². The summed E-state index contributed by atoms with van der Waals surface area (Å²) >= 11 is 2.03. The molecule has 1 unspecified atom stereocenters. The highest BCUT2D eigenvalue weighted by Crippen LogP contribution is 2.21. The number of anilines is 2. The molecule has 0 aromatic carbocycles. The van der Waals surface area contributed by atoms with E-state index in [9.17, 15) is 0 Å². The van der Waals surface area contributed by atoms with Crippen LogP contribution < -0.4 is 10.6 Å². The molecule has 1 atom stereocenters. The summed E-state index contributed by atoms with van der Waals surface area (Å²) in [6.45, 7) is 0. The first-order chi connectivity index (χ1) is 7.38. The van der Waals surface area contributed by atoms with Gasteiger partial charge in [-0.25, -0.2) is 0 Å². The zero-order valence-electron chi connectivity index (χ0n) is 8.99. The Labute approximate surface area is 95.1 Å². The lowest BCUT2D eigenvalue weighted by atomic mass is 10.2. The molecule has 2 rings (SSSR count). The van der Waals surface area contributed by atoms with Crippen LogP contribution in [0.3, 0.4) is 0 Å². The molecule has 0 saturated carbocycles. The van der Waals surface area contributed by atoms with Crippen LogP contribution in [-0.4, -0.2) is 29.6 Å². The van der Waals surface area contributed by atoms with Gasteiger partial charge in [0.2, 0.25) is 0 Å². The van der Waals surface area contributed by atoms with E-state index < -0.39 is 0 Å². The fourth-order valence-electron chi connectivity index (χ4n) is 1.75. The molecule has 1 aromatic rings. The molecule has 0 aliphatic carbocycles. The second-order valence-electron chi connectivity index (χ2n) is 3.77. The minimum absolute atomic E-state index is 0.609. The van der Waals surface area contributed by atoms with Gasteiger partial charge in [-0.3, -0.25) is 4.98 Å². The van der Waals surface area contributed by atoms with Crippen LogP contribution in [0.4, 0.5) is 11.4 Å². The van der Waals surface area contributed by atoms with Gasteiger partial charge in [-0.2, -0.15) is 11.8 Å². The average Bonchev–Trinajstić information content (AvgIpc) is 2.31. The molecular weight excluding hydrogens is 206 g/mol. The number of pyridine rings is 1. The molecule has 0 bridgehead atoms. The predicted molar refractivity (Wildman–Crippen MR) is 67.8 cm³/mol. The van der Waals surface area contributed by atoms with Crippen molar-refractivity contribution in [3.63, 3.8) is 0 Å². The fourth-order valence-corrected chi connectivity index (χ4v) is 2.82. The minimum atomic E-state index is 0.609. The van der Waals surface area contributed by atoms with Gasteiger partial charge in [-0.05, 0) is 24.7 Å². The van der Waals surface area contributed by atoms with E-state index >= 15 is 0 Å². The zero-order chi connectivity index (χ0) is 10.5. The highest BCUT2D eigenvalue weighted by Gasteiger charge is 2.13. The van der Waals surface area contributed by atoms with Crippen LogP contribution in [0.2, 0.25) is 0 Å². The Bertz CT molecular complexity index is 310. The Balaban J connectivity index is 1.96. The Kier molecular flexibility index (Phi) is 3.72. The largest absolute Gasteiger partial charge is 0.387 e. The Morgan fingerprint density at radius 3 is 3.00 bits per heavy atom. The summed E-state index contributed by atoms with van der Waals surface area (Å²) in [6.07, 6.45) is 6.32. The molecule has 0 amide bonds. The molecule has 4 heteroatoms. The first kappa shape index (κ1) is 10.6. The smallest absolute Gasteiger partial charge is 0.0549 e. The fraction of sp³-hybridized carbons (Fsp3) is 0.545. The number of rotatable bonds is 3. The molecule has 2 N–H and O–H groups in total. The third-order valence-corrected chi connectivity index (χ3v) is 3.77. The number of nitrogens with zero attached hydrogens (tertiary/aromatic N) is 1. The van der Waals surface area contributed by atoms with E-state index in [0.717, 1.165) is 11.4 Å². The van der Waals surface area contributed by atoms with Gasteiger partial charge in [-0.15, -0.1) is 0 Å². The lowest BCUT2D eigenvalue weighted by molar-refractivity contribution is 0.685. The lowest BCUT2D eigenvalue weighted by Gasteiger charge is -2.23. The first-order valence-corrected chi connectivity index (χ1v) is 6.51. The topological polar surface area (TPSA) is 37.0 Å². The minimum Gasteiger partial charge on any atom is -0.387 e. The van der Waals surface area contributed by atoms with Crippen LogP contribution in [0.15, 0.2) is 18.5 Å². The summed E-state index contributed by atoms with van der Waals surface area (Å²) < 4.78 is 0. The van der Waals surface area contributed by atoms with Crippen LogP contribution in [-0.2, 0) is 0 Å². The van der Waals surface area contributed by atoms with E-state index in [2.05, 4.69) is 21.7 Å². The third-order valence-electron chi connectivity index (χ3n) is 2.56. The van der Waals surface area contributed by atoms with Crippen molar-refractivity contribution in [1.82, 2.24) is 4.98 Å². The predicted octanol–water partition coefficient (Wildman–Crippen LogP) is 2.43. The van der Waals surface area contributed by atoms with E-state index in [1.807, 2.05) is 31.2 Å². The second-order valence-corrected chi connectivity index (χ2v) is 4.92. The summed E-state index contributed by atoms with van der Waals surface area (Å²) in [4.78, 5) is 4.19. The molecule has 0 radical (unpaired) electrons. The molecule has 15 heavy (non-hydrogen) atoms. The van der Waals surface area contributed by atoms with Gasteiger partial charge < -0.3 is 10.6 Å². The van der Waals surface area contributed by atoms with Crippen molar-refractivity contribution in [1.29, 1.82) is 0 Å². The molecule has 2 heterocycles. The first-order valence-electron chi connectivity index (χ1n) is 5.35. The average molecular weight is 223 g/mol. The maximum absolute atomic E-state index is 4.19. The number of aromatic nitrogens is 1. The maximum Gasteiger partial charge on any atom is 0.0549 e. The summed E-state index contributed by atoms with van der Waals surface area (Å²) in [5, 5.41) is 6.63. The van der Waals surface area contributed by atoms with Crippen LogP contribution in [0.1, 0.15) is 12.8 Å². The van der Waals surface area contributed by atoms with Crippen molar-refractivity contribution < 1.29 is 0 Å². The van der Waals surface area contributed by atoms with Crippen molar-refractivity contribution in [2.24, 2.45) is 0 Å². The second kappa shape index (κ2) is 5.26. The molecule has 1 aliphatic rings. The van der Waals surface area contributed by atoms with Crippen molar-refractivity contribution in [3.05, 3.63) is 18.5 Å². The zero-order valence-corrected chi connectivity index (χ0v) is 9.81. The Hall–Kier alpha value is -0.900. The monoisotopic (exact) mass is 223 g/mol. The summed E-state index contributed by atoms with van der Waals surface area (Å²) in [7, 11) is 1.91. The molecular formula is C11H17N3S. The quantitative estimate of drug-likeness (QED) is 0.825. The molecule has 1 aliphatic heterocycles. The number of nitrogens with one attached hydrogen (secondary N) is 2. The number of hydrogen-bond acceptors (Lipinski definition) is 4. The standard InChI is InChI=1S/C11H17N3S/c1-12-10-5-11(7-13-6-10)14-9-3-2-4-15-8-9/h5-7,9,12,14H,2-4,8H2,1H3. The van der Waals surface area contributed by atoms with Gasteiger partial charge in [0.15, 0.2) is 0 Å². The molecule has 1 aromatic heterocycles. The van der Waals surface area contributed by atoms with Crippen LogP contribution in [0.5, 0.6) is 0 Å². The van der Waals surface area contributed by atoms with Crippen molar-refractivity contribution in [3.8, 4) is 0 Å². The summed E-state index contributed by atoms with van der Waals surface area (Å²) in [5.74, 6) is 2.52. The Morgan fingerprint density at radius 2 is 2.27 bits per heavy atom. The van der Waals surface area contributed by atoms with E-state index in [-0.39, 0.29) is 0 Å². The lowest BCUT2D eigenvalue weighted by Crippen LogP contribution is -2.25. The van der Waals surface area contributed by atoms with Crippen molar-refractivity contribution >= 4 is 23.1 Å². The molecule has 82 valence electrons. The van der Waals surface area contributed by atoms with Crippen molar-refractivity contribution in [2.75, 3.05) is 29.2 Å². The molecule has 1 saturated heterocycles. The van der Waals surface area contributed by atoms with E-state index in [4.69, 9.17) is 0 Å². The van der Waals surface area contributed by atoms with Crippen molar-refractivity contribution in [2.45, 2.75) is 18.9 Å². The van der Waals surface area contributed by atoms with Gasteiger partial charge >= 0.3 is 0 Å². The molecule has 1 fully saturated rings. The van der Waals surface area contributed by atoms with Crippen LogP contribution in [0, 0.1) is 0 Å². The van der Waals surface area contributed by atoms with E-state index in [1.54, 1.807) is 0 Å². The number of thioether (sulfide) groups is 1. The summed E-state index contributed by atoms with van der Waals surface area (Å²) in [5.41, 5.74) is 2.18. The SMILES string of the molecule is CNc1cncc(NC2CCCSC2)c1. The summed E-state index contributed by atoms with van der Waals surface area (Å²) in [6, 6.07) is 2.71. The van der Waals surface area contributed by atoms with E-state index in [0.29, 0.717) is 6.04 Å². The molecule has 3 nitrogen and oxygen atoms in total. The Morgan fingerprint density at radius 1 is 1.40 bits per heavy atom. The highest BCUT2D eigenvalue weighted by atomic mass is 32.2. The van der Waals surface area contributed by atoms with Gasteiger partial charge in [0.25, 0.3) is 0 Å². The van der Waals surface area contributed by atoms with Gasteiger partial charge in [0, 0.05) is 18.8 Å². The van der Waals surface area contributed by atoms with Crippen LogP contribution >= 0.6 is 11.8 Å². The van der Waals surface area contributed by atoms with Crippen LogP contribution in [0.25, 0.3) is 0 Å². The van der Waals surface area contributed by atoms with Gasteiger partial charge in [0.05, 0.1) is 23.8 Å². The maximum atomic E-state index is 4.19. The number of hydrogen-bond donors (Lipinski definition) is 2. The molecule has 0 spiro atoms.